The molecule has 0 bridgehead atoms. The van der Waals surface area contributed by atoms with Gasteiger partial charge in [0.15, 0.2) is 5.79 Å². The Morgan fingerprint density at radius 3 is 2.58 bits per heavy atom. The summed E-state index contributed by atoms with van der Waals surface area (Å²) < 4.78 is 11.5. The van der Waals surface area contributed by atoms with E-state index >= 15 is 0 Å². The summed E-state index contributed by atoms with van der Waals surface area (Å²) in [5.74, 6) is 0.257. The van der Waals surface area contributed by atoms with Crippen LogP contribution in [0.5, 0.6) is 0 Å². The molecule has 72 valence electrons. The topological polar surface area (TPSA) is 18.5 Å². The highest BCUT2D eigenvalue weighted by atomic mass is 16.7. The summed E-state index contributed by atoms with van der Waals surface area (Å²) in [5, 5.41) is 0. The van der Waals surface area contributed by atoms with E-state index in [1.165, 1.54) is 0 Å². The van der Waals surface area contributed by atoms with Crippen molar-refractivity contribution in [2.45, 2.75) is 52.4 Å². The van der Waals surface area contributed by atoms with E-state index in [4.69, 9.17) is 9.47 Å². The molecule has 0 saturated carbocycles. The van der Waals surface area contributed by atoms with Gasteiger partial charge in [0, 0.05) is 6.42 Å². The number of hydrogen-bond acceptors (Lipinski definition) is 2. The van der Waals surface area contributed by atoms with Crippen molar-refractivity contribution < 1.29 is 9.47 Å². The third-order valence-electron chi connectivity index (χ3n) is 2.40. The summed E-state index contributed by atoms with van der Waals surface area (Å²) in [7, 11) is 0. The zero-order valence-corrected chi connectivity index (χ0v) is 8.59. The lowest BCUT2D eigenvalue weighted by Crippen LogP contribution is -2.27. The lowest BCUT2D eigenvalue weighted by atomic mass is 10.1. The molecule has 0 spiro atoms. The fraction of sp³-hybridized carbons (Fsp3) is 1.00. The molecule has 0 N–H and O–H groups in total. The highest BCUT2D eigenvalue weighted by molar-refractivity contribution is 4.76. The van der Waals surface area contributed by atoms with Crippen LogP contribution in [-0.4, -0.2) is 18.5 Å². The zero-order chi connectivity index (χ0) is 9.19. The van der Waals surface area contributed by atoms with Crippen LogP contribution in [0.3, 0.4) is 0 Å². The van der Waals surface area contributed by atoms with Crippen LogP contribution in [0.1, 0.15) is 40.5 Å². The predicted molar refractivity (Wildman–Crippen MR) is 49.0 cm³/mol. The second-order valence-corrected chi connectivity index (χ2v) is 4.10. The molecule has 2 atom stereocenters. The Morgan fingerprint density at radius 1 is 1.50 bits per heavy atom. The fourth-order valence-corrected chi connectivity index (χ4v) is 1.56. The fourth-order valence-electron chi connectivity index (χ4n) is 1.56. The average Bonchev–Trinajstić information content (AvgIpc) is 2.33. The van der Waals surface area contributed by atoms with Crippen LogP contribution in [0.15, 0.2) is 0 Å². The van der Waals surface area contributed by atoms with Gasteiger partial charge in [0.25, 0.3) is 0 Å². The molecule has 2 heteroatoms. The Labute approximate surface area is 75.2 Å². The van der Waals surface area contributed by atoms with E-state index < -0.39 is 0 Å². The van der Waals surface area contributed by atoms with Gasteiger partial charge in [-0.05, 0) is 12.8 Å². The normalized spacial score (nSPS) is 36.2. The van der Waals surface area contributed by atoms with Crippen molar-refractivity contribution in [2.75, 3.05) is 6.61 Å². The molecule has 1 saturated heterocycles. The second-order valence-electron chi connectivity index (χ2n) is 4.10. The molecule has 0 amide bonds. The molecule has 1 rings (SSSR count). The van der Waals surface area contributed by atoms with Gasteiger partial charge in [-0.3, -0.25) is 0 Å². The van der Waals surface area contributed by atoms with Crippen LogP contribution in [0.2, 0.25) is 0 Å². The largest absolute Gasteiger partial charge is 0.348 e. The SMILES string of the molecule is CCCC1(C)OCC(C(C)C)O1. The van der Waals surface area contributed by atoms with Crippen molar-refractivity contribution in [1.29, 1.82) is 0 Å². The van der Waals surface area contributed by atoms with E-state index in [-0.39, 0.29) is 5.79 Å². The van der Waals surface area contributed by atoms with Crippen LogP contribution in [0.25, 0.3) is 0 Å². The first-order valence-corrected chi connectivity index (χ1v) is 4.89. The van der Waals surface area contributed by atoms with E-state index in [0.717, 1.165) is 19.4 Å². The van der Waals surface area contributed by atoms with E-state index in [2.05, 4.69) is 20.8 Å². The summed E-state index contributed by atoms with van der Waals surface area (Å²) >= 11 is 0. The molecule has 0 aliphatic carbocycles. The molecular weight excluding hydrogens is 152 g/mol. The summed E-state index contributed by atoms with van der Waals surface area (Å²) in [6.45, 7) is 9.30. The summed E-state index contributed by atoms with van der Waals surface area (Å²) in [6.07, 6.45) is 2.40. The quantitative estimate of drug-likeness (QED) is 0.651. The molecule has 0 aromatic rings. The predicted octanol–water partition coefficient (Wildman–Crippen LogP) is 2.57. The van der Waals surface area contributed by atoms with Gasteiger partial charge in [0.2, 0.25) is 0 Å². The number of hydrogen-bond donors (Lipinski definition) is 0. The molecule has 12 heavy (non-hydrogen) atoms. The summed E-state index contributed by atoms with van der Waals surface area (Å²) in [6, 6.07) is 0. The third kappa shape index (κ3) is 2.20. The molecule has 1 aliphatic heterocycles. The Morgan fingerprint density at radius 2 is 2.17 bits per heavy atom. The van der Waals surface area contributed by atoms with E-state index in [1.807, 2.05) is 6.92 Å². The van der Waals surface area contributed by atoms with Gasteiger partial charge in [-0.25, -0.2) is 0 Å². The van der Waals surface area contributed by atoms with Gasteiger partial charge in [0.1, 0.15) is 0 Å². The minimum atomic E-state index is -0.302. The molecule has 0 radical (unpaired) electrons. The zero-order valence-electron chi connectivity index (χ0n) is 8.59. The van der Waals surface area contributed by atoms with Crippen molar-refractivity contribution in [1.82, 2.24) is 0 Å². The van der Waals surface area contributed by atoms with Crippen molar-refractivity contribution in [3.8, 4) is 0 Å². The maximum atomic E-state index is 5.83. The smallest absolute Gasteiger partial charge is 0.166 e. The van der Waals surface area contributed by atoms with Crippen molar-refractivity contribution in [3.05, 3.63) is 0 Å². The van der Waals surface area contributed by atoms with Crippen LogP contribution >= 0.6 is 0 Å². The molecule has 0 aromatic heterocycles. The summed E-state index contributed by atoms with van der Waals surface area (Å²) in [5.41, 5.74) is 0. The number of ether oxygens (including phenoxy) is 2. The first-order chi connectivity index (χ1) is 5.57. The maximum Gasteiger partial charge on any atom is 0.166 e. The van der Waals surface area contributed by atoms with E-state index in [0.29, 0.717) is 12.0 Å². The highest BCUT2D eigenvalue weighted by Crippen LogP contribution is 2.30. The molecule has 2 nitrogen and oxygen atoms in total. The molecule has 1 fully saturated rings. The van der Waals surface area contributed by atoms with Gasteiger partial charge < -0.3 is 9.47 Å². The van der Waals surface area contributed by atoms with Crippen LogP contribution < -0.4 is 0 Å². The lowest BCUT2D eigenvalue weighted by molar-refractivity contribution is -0.162. The lowest BCUT2D eigenvalue weighted by Gasteiger charge is -2.23. The average molecular weight is 172 g/mol. The van der Waals surface area contributed by atoms with Crippen molar-refractivity contribution >= 4 is 0 Å². The standard InChI is InChI=1S/C10H20O2/c1-5-6-10(4)11-7-9(12-10)8(2)3/h8-9H,5-7H2,1-4H3. The second kappa shape index (κ2) is 3.75. The van der Waals surface area contributed by atoms with Gasteiger partial charge in [-0.2, -0.15) is 0 Å². The first kappa shape index (κ1) is 10.0. The third-order valence-corrected chi connectivity index (χ3v) is 2.40. The first-order valence-electron chi connectivity index (χ1n) is 4.89. The van der Waals surface area contributed by atoms with Crippen molar-refractivity contribution in [2.24, 2.45) is 5.92 Å². The van der Waals surface area contributed by atoms with Gasteiger partial charge >= 0.3 is 0 Å². The van der Waals surface area contributed by atoms with Crippen LogP contribution in [-0.2, 0) is 9.47 Å². The van der Waals surface area contributed by atoms with E-state index in [1.54, 1.807) is 0 Å². The van der Waals surface area contributed by atoms with Crippen molar-refractivity contribution in [3.63, 3.8) is 0 Å². The van der Waals surface area contributed by atoms with Crippen LogP contribution in [0.4, 0.5) is 0 Å². The molecule has 1 heterocycles. The monoisotopic (exact) mass is 172 g/mol. The Kier molecular flexibility index (Phi) is 3.13. The highest BCUT2D eigenvalue weighted by Gasteiger charge is 2.37. The maximum absolute atomic E-state index is 5.83. The minimum absolute atomic E-state index is 0.293. The van der Waals surface area contributed by atoms with Gasteiger partial charge in [0.05, 0.1) is 12.7 Å². The molecule has 2 unspecified atom stereocenters. The Hall–Kier alpha value is -0.0800. The number of rotatable bonds is 3. The Balaban J connectivity index is 2.43. The molecule has 0 aromatic carbocycles. The van der Waals surface area contributed by atoms with E-state index in [9.17, 15) is 0 Å². The summed E-state index contributed by atoms with van der Waals surface area (Å²) in [4.78, 5) is 0. The Bertz CT molecular complexity index is 145. The molecule has 1 aliphatic rings. The van der Waals surface area contributed by atoms with Gasteiger partial charge in [-0.15, -0.1) is 0 Å². The van der Waals surface area contributed by atoms with Gasteiger partial charge in [-0.1, -0.05) is 27.2 Å². The molecular formula is C10H20O2. The van der Waals surface area contributed by atoms with Crippen LogP contribution in [0, 0.1) is 5.92 Å². The minimum Gasteiger partial charge on any atom is -0.348 e.